The quantitative estimate of drug-likeness (QED) is 0.678. The van der Waals surface area contributed by atoms with Crippen molar-refractivity contribution >= 4 is 30.8 Å². The fourth-order valence-corrected chi connectivity index (χ4v) is 4.67. The van der Waals surface area contributed by atoms with Gasteiger partial charge in [0.1, 0.15) is 5.75 Å². The topological polar surface area (TPSA) is 61.8 Å². The van der Waals surface area contributed by atoms with Crippen LogP contribution in [0.15, 0.2) is 24.3 Å². The van der Waals surface area contributed by atoms with Gasteiger partial charge in [-0.3, -0.25) is 4.90 Å². The summed E-state index contributed by atoms with van der Waals surface area (Å²) in [5.74, 6) is 0.307. The number of hydrogen-bond acceptors (Lipinski definition) is 4. The van der Waals surface area contributed by atoms with Gasteiger partial charge in [-0.1, -0.05) is 19.1 Å². The molecular weight excluding hydrogens is 399 g/mol. The number of benzene rings is 1. The van der Waals surface area contributed by atoms with Gasteiger partial charge in [-0.05, 0) is 81.8 Å². The van der Waals surface area contributed by atoms with Gasteiger partial charge in [0, 0.05) is 12.1 Å². The first-order valence-corrected chi connectivity index (χ1v) is 10.1. The number of rotatable bonds is 7. The molecule has 0 amide bonds. The van der Waals surface area contributed by atoms with Crippen LogP contribution in [0.25, 0.3) is 0 Å². The molecule has 2 N–H and O–H groups in total. The van der Waals surface area contributed by atoms with E-state index in [4.69, 9.17) is 9.84 Å². The van der Waals surface area contributed by atoms with Crippen LogP contribution in [0, 0.1) is 0 Å². The maximum absolute atomic E-state index is 10.6. The summed E-state index contributed by atoms with van der Waals surface area (Å²) in [7, 11) is 0. The Kier molecular flexibility index (Phi) is 11.2. The van der Waals surface area contributed by atoms with Crippen molar-refractivity contribution in [3.63, 3.8) is 0 Å². The lowest BCUT2D eigenvalue weighted by molar-refractivity contribution is -0.139. The zero-order valence-electron chi connectivity index (χ0n) is 16.6. The molecule has 1 aromatic rings. The lowest BCUT2D eigenvalue weighted by Crippen LogP contribution is -2.48. The maximum Gasteiger partial charge on any atom is 0.341 e. The molecule has 0 unspecified atom stereocenters. The second kappa shape index (κ2) is 12.5. The minimum absolute atomic E-state index is 0. The molecule has 1 aliphatic heterocycles. The number of carbonyl (C=O) groups is 1. The summed E-state index contributed by atoms with van der Waals surface area (Å²) in [4.78, 5) is 13.3. The van der Waals surface area contributed by atoms with Gasteiger partial charge in [-0.25, -0.2) is 4.79 Å². The van der Waals surface area contributed by atoms with E-state index in [0.29, 0.717) is 11.7 Å². The summed E-state index contributed by atoms with van der Waals surface area (Å²) >= 11 is 0. The molecule has 160 valence electrons. The molecule has 1 aromatic carbocycles. The summed E-state index contributed by atoms with van der Waals surface area (Å²) < 4.78 is 5.23. The van der Waals surface area contributed by atoms with Crippen molar-refractivity contribution in [2.24, 2.45) is 0 Å². The van der Waals surface area contributed by atoms with Crippen LogP contribution in [0.5, 0.6) is 5.75 Å². The molecule has 0 bridgehead atoms. The van der Waals surface area contributed by atoms with Crippen molar-refractivity contribution in [2.45, 2.75) is 63.5 Å². The Labute approximate surface area is 181 Å². The van der Waals surface area contributed by atoms with Crippen LogP contribution in [0.1, 0.15) is 56.9 Å². The van der Waals surface area contributed by atoms with Gasteiger partial charge in [0.25, 0.3) is 0 Å². The predicted octanol–water partition coefficient (Wildman–Crippen LogP) is 4.09. The van der Waals surface area contributed by atoms with Crippen LogP contribution in [0.4, 0.5) is 0 Å². The van der Waals surface area contributed by atoms with Gasteiger partial charge in [-0.2, -0.15) is 0 Å². The number of ether oxygens (including phenoxy) is 1. The van der Waals surface area contributed by atoms with Crippen molar-refractivity contribution in [3.8, 4) is 5.75 Å². The third-order valence-corrected chi connectivity index (χ3v) is 6.02. The van der Waals surface area contributed by atoms with E-state index in [-0.39, 0.29) is 31.4 Å². The Morgan fingerprint density at radius 1 is 1.04 bits per heavy atom. The van der Waals surface area contributed by atoms with Crippen molar-refractivity contribution in [1.82, 2.24) is 10.2 Å². The Bertz CT molecular complexity index is 572. The lowest BCUT2D eigenvalue weighted by atomic mass is 9.80. The summed E-state index contributed by atoms with van der Waals surface area (Å²) in [6.45, 7) is 5.51. The fourth-order valence-electron chi connectivity index (χ4n) is 4.67. The van der Waals surface area contributed by atoms with Crippen molar-refractivity contribution in [3.05, 3.63) is 29.8 Å². The molecule has 5 nitrogen and oxygen atoms in total. The van der Waals surface area contributed by atoms with Gasteiger partial charge < -0.3 is 15.2 Å². The minimum atomic E-state index is -0.943. The van der Waals surface area contributed by atoms with E-state index in [2.05, 4.69) is 29.3 Å². The Morgan fingerprint density at radius 3 is 2.14 bits per heavy atom. The number of aliphatic carboxylic acids is 1. The maximum atomic E-state index is 10.6. The molecule has 1 saturated heterocycles. The molecule has 0 radical (unpaired) electrons. The summed E-state index contributed by atoms with van der Waals surface area (Å²) in [5.41, 5.74) is 1.36. The third kappa shape index (κ3) is 6.80. The van der Waals surface area contributed by atoms with E-state index in [1.54, 1.807) is 0 Å². The number of carboxylic acids is 1. The van der Waals surface area contributed by atoms with Gasteiger partial charge >= 0.3 is 5.97 Å². The zero-order valence-corrected chi connectivity index (χ0v) is 18.3. The van der Waals surface area contributed by atoms with Crippen LogP contribution in [-0.4, -0.2) is 54.3 Å². The molecule has 7 heteroatoms. The number of piperidine rings is 1. The second-order valence-electron chi connectivity index (χ2n) is 7.57. The lowest BCUT2D eigenvalue weighted by Gasteiger charge is -2.42. The van der Waals surface area contributed by atoms with Crippen LogP contribution in [0.3, 0.4) is 0 Å². The van der Waals surface area contributed by atoms with Crippen LogP contribution >= 0.6 is 24.8 Å². The second-order valence-corrected chi connectivity index (χ2v) is 7.57. The van der Waals surface area contributed by atoms with E-state index < -0.39 is 5.97 Å². The van der Waals surface area contributed by atoms with Crippen molar-refractivity contribution < 1.29 is 14.6 Å². The molecule has 1 heterocycles. The molecule has 0 aromatic heterocycles. The number of hydrogen-bond donors (Lipinski definition) is 2. The fraction of sp³-hybridized carbons (Fsp3) is 0.667. The van der Waals surface area contributed by atoms with Crippen molar-refractivity contribution in [2.75, 3.05) is 26.2 Å². The van der Waals surface area contributed by atoms with Crippen LogP contribution in [0.2, 0.25) is 0 Å². The van der Waals surface area contributed by atoms with Crippen molar-refractivity contribution in [1.29, 1.82) is 0 Å². The van der Waals surface area contributed by atoms with E-state index in [1.165, 1.54) is 44.1 Å². The van der Waals surface area contributed by atoms with Gasteiger partial charge in [0.2, 0.25) is 0 Å². The Hall–Kier alpha value is -1.01. The SMILES string of the molecule is CCN(C1CCNCC1)[C@H]1CC[C@H](c2ccc(OCC(=O)O)cc2)CC1.Cl.Cl. The van der Waals surface area contributed by atoms with E-state index in [0.717, 1.165) is 31.7 Å². The van der Waals surface area contributed by atoms with Crippen LogP contribution in [-0.2, 0) is 4.79 Å². The molecule has 2 aliphatic rings. The molecule has 28 heavy (non-hydrogen) atoms. The highest BCUT2D eigenvalue weighted by Gasteiger charge is 2.30. The molecule has 0 spiro atoms. The molecule has 2 fully saturated rings. The first-order valence-electron chi connectivity index (χ1n) is 10.1. The van der Waals surface area contributed by atoms with E-state index >= 15 is 0 Å². The number of nitrogens with zero attached hydrogens (tertiary/aromatic N) is 1. The normalized spacial score (nSPS) is 22.8. The number of carboxylic acid groups (broad SMARTS) is 1. The standard InChI is InChI=1S/C21H32N2O3.2ClH/c1-2-23(19-11-13-22-14-12-19)18-7-3-16(4-8-18)17-5-9-20(10-6-17)26-15-21(24)25;;/h5-6,9-10,16,18-19,22H,2-4,7-8,11-15H2,1H3,(H,24,25);2*1H/t16-,18-;;. The highest BCUT2D eigenvalue weighted by atomic mass is 35.5. The molecule has 3 rings (SSSR count). The molecule has 1 saturated carbocycles. The average Bonchev–Trinajstić information content (AvgIpc) is 2.69. The average molecular weight is 433 g/mol. The minimum Gasteiger partial charge on any atom is -0.482 e. The van der Waals surface area contributed by atoms with Crippen LogP contribution < -0.4 is 10.1 Å². The molecular formula is C21H34Cl2N2O3. The summed E-state index contributed by atoms with van der Waals surface area (Å²) in [6.07, 6.45) is 7.60. The van der Waals surface area contributed by atoms with E-state index in [1.807, 2.05) is 12.1 Å². The van der Waals surface area contributed by atoms with Gasteiger partial charge in [0.15, 0.2) is 6.61 Å². The van der Waals surface area contributed by atoms with E-state index in [9.17, 15) is 4.79 Å². The molecule has 1 aliphatic carbocycles. The zero-order chi connectivity index (χ0) is 18.4. The first-order chi connectivity index (χ1) is 12.7. The number of halogens is 2. The molecule has 0 atom stereocenters. The Balaban J connectivity index is 0.00000196. The van der Waals surface area contributed by atoms with Gasteiger partial charge in [0.05, 0.1) is 0 Å². The summed E-state index contributed by atoms with van der Waals surface area (Å²) in [6, 6.07) is 9.50. The Morgan fingerprint density at radius 2 is 1.61 bits per heavy atom. The smallest absolute Gasteiger partial charge is 0.341 e. The number of nitrogens with one attached hydrogen (secondary N) is 1. The van der Waals surface area contributed by atoms with Gasteiger partial charge in [-0.15, -0.1) is 24.8 Å². The third-order valence-electron chi connectivity index (χ3n) is 6.02. The predicted molar refractivity (Wildman–Crippen MR) is 117 cm³/mol. The largest absolute Gasteiger partial charge is 0.482 e. The summed E-state index contributed by atoms with van der Waals surface area (Å²) in [5, 5.41) is 12.2. The highest BCUT2D eigenvalue weighted by Crippen LogP contribution is 2.36. The highest BCUT2D eigenvalue weighted by molar-refractivity contribution is 5.85. The first kappa shape index (κ1) is 25.0. The monoisotopic (exact) mass is 432 g/mol.